The van der Waals surface area contributed by atoms with E-state index >= 15 is 0 Å². The van der Waals surface area contributed by atoms with E-state index in [2.05, 4.69) is 21.2 Å². The Labute approximate surface area is 124 Å². The van der Waals surface area contributed by atoms with E-state index in [9.17, 15) is 15.2 Å². The van der Waals surface area contributed by atoms with Gasteiger partial charge in [0.1, 0.15) is 5.75 Å². The zero-order valence-corrected chi connectivity index (χ0v) is 12.3. The van der Waals surface area contributed by atoms with Crippen LogP contribution in [-0.4, -0.2) is 10.0 Å². The van der Waals surface area contributed by atoms with Crippen LogP contribution < -0.4 is 5.32 Å². The number of non-ortho nitro benzene ring substituents is 1. The number of nitro benzene ring substituents is 1. The van der Waals surface area contributed by atoms with E-state index in [1.807, 2.05) is 6.92 Å². The predicted octanol–water partition coefficient (Wildman–Crippen LogP) is 3.98. The number of aromatic hydroxyl groups is 1. The minimum Gasteiger partial charge on any atom is -0.507 e. The van der Waals surface area contributed by atoms with Crippen LogP contribution in [0.3, 0.4) is 0 Å². The Morgan fingerprint density at radius 1 is 1.30 bits per heavy atom. The molecule has 20 heavy (non-hydrogen) atoms. The summed E-state index contributed by atoms with van der Waals surface area (Å²) in [5.41, 5.74) is 2.68. The number of phenolic OH excluding ortho intramolecular Hbond substituents is 1. The van der Waals surface area contributed by atoms with Crippen LogP contribution in [0.15, 0.2) is 40.9 Å². The highest BCUT2D eigenvalue weighted by atomic mass is 79.9. The fraction of sp³-hybridized carbons (Fsp3) is 0.143. The molecule has 0 saturated heterocycles. The molecule has 2 rings (SSSR count). The topological polar surface area (TPSA) is 75.4 Å². The van der Waals surface area contributed by atoms with Crippen molar-refractivity contribution in [2.24, 2.45) is 0 Å². The third-order valence-corrected chi connectivity index (χ3v) is 3.56. The number of rotatable bonds is 4. The van der Waals surface area contributed by atoms with Crippen molar-refractivity contribution in [2.75, 3.05) is 5.32 Å². The van der Waals surface area contributed by atoms with Crippen molar-refractivity contribution < 1.29 is 10.0 Å². The maximum absolute atomic E-state index is 10.8. The second-order valence-corrected chi connectivity index (χ2v) is 5.25. The third kappa shape index (κ3) is 3.27. The lowest BCUT2D eigenvalue weighted by Gasteiger charge is -2.10. The molecule has 2 aromatic rings. The van der Waals surface area contributed by atoms with Gasteiger partial charge in [-0.05, 0) is 46.1 Å². The Kier molecular flexibility index (Phi) is 4.24. The van der Waals surface area contributed by atoms with E-state index in [0.717, 1.165) is 16.8 Å². The quantitative estimate of drug-likeness (QED) is 0.654. The summed E-state index contributed by atoms with van der Waals surface area (Å²) < 4.78 is 0.618. The molecule has 0 aromatic heterocycles. The minimum atomic E-state index is -0.415. The van der Waals surface area contributed by atoms with E-state index in [-0.39, 0.29) is 11.4 Å². The highest BCUT2D eigenvalue weighted by Gasteiger charge is 2.08. The molecule has 0 bridgehead atoms. The number of phenols is 1. The van der Waals surface area contributed by atoms with Gasteiger partial charge in [0.05, 0.1) is 9.40 Å². The third-order valence-electron chi connectivity index (χ3n) is 2.93. The zero-order valence-electron chi connectivity index (χ0n) is 10.8. The van der Waals surface area contributed by atoms with Gasteiger partial charge in [-0.1, -0.05) is 12.1 Å². The zero-order chi connectivity index (χ0) is 14.7. The standard InChI is InChI=1S/C14H13BrN2O3/c1-9-2-4-11(17(19)20)7-13(9)16-8-10-3-5-14(18)12(15)6-10/h2-7,16,18H,8H2,1H3. The number of nitrogens with zero attached hydrogens (tertiary/aromatic N) is 1. The number of aryl methyl sites for hydroxylation is 1. The first-order valence-electron chi connectivity index (χ1n) is 5.93. The Balaban J connectivity index is 2.15. The number of benzene rings is 2. The van der Waals surface area contributed by atoms with Crippen molar-refractivity contribution in [1.29, 1.82) is 0 Å². The second kappa shape index (κ2) is 5.92. The van der Waals surface area contributed by atoms with Crippen molar-refractivity contribution in [3.8, 4) is 5.75 Å². The number of nitrogens with one attached hydrogen (secondary N) is 1. The summed E-state index contributed by atoms with van der Waals surface area (Å²) in [6.07, 6.45) is 0. The second-order valence-electron chi connectivity index (χ2n) is 4.40. The van der Waals surface area contributed by atoms with Gasteiger partial charge < -0.3 is 10.4 Å². The van der Waals surface area contributed by atoms with Gasteiger partial charge in [-0.15, -0.1) is 0 Å². The molecule has 0 atom stereocenters. The van der Waals surface area contributed by atoms with Gasteiger partial charge in [0.2, 0.25) is 0 Å². The fourth-order valence-corrected chi connectivity index (χ4v) is 2.20. The lowest BCUT2D eigenvalue weighted by Crippen LogP contribution is -2.02. The fourth-order valence-electron chi connectivity index (χ4n) is 1.77. The molecular formula is C14H13BrN2O3. The number of halogens is 1. The molecule has 2 aromatic carbocycles. The number of hydrogen-bond donors (Lipinski definition) is 2. The molecule has 0 radical (unpaired) electrons. The molecule has 104 valence electrons. The van der Waals surface area contributed by atoms with Crippen molar-refractivity contribution in [3.05, 3.63) is 62.1 Å². The first kappa shape index (κ1) is 14.3. The summed E-state index contributed by atoms with van der Waals surface area (Å²) in [5, 5.41) is 23.4. The van der Waals surface area contributed by atoms with Gasteiger partial charge >= 0.3 is 0 Å². The van der Waals surface area contributed by atoms with E-state index in [0.29, 0.717) is 11.0 Å². The average molecular weight is 337 g/mol. The summed E-state index contributed by atoms with van der Waals surface area (Å²) in [6, 6.07) is 9.91. The lowest BCUT2D eigenvalue weighted by molar-refractivity contribution is -0.384. The number of nitro groups is 1. The van der Waals surface area contributed by atoms with Crippen molar-refractivity contribution in [1.82, 2.24) is 0 Å². The molecule has 0 spiro atoms. The molecule has 0 amide bonds. The van der Waals surface area contributed by atoms with Crippen LogP contribution in [0.4, 0.5) is 11.4 Å². The monoisotopic (exact) mass is 336 g/mol. The minimum absolute atomic E-state index is 0.0602. The average Bonchev–Trinajstić information content (AvgIpc) is 2.41. The van der Waals surface area contributed by atoms with E-state index in [1.54, 1.807) is 24.3 Å². The molecule has 0 heterocycles. The Morgan fingerprint density at radius 2 is 2.05 bits per heavy atom. The van der Waals surface area contributed by atoms with Crippen LogP contribution in [-0.2, 0) is 6.54 Å². The Hall–Kier alpha value is -2.08. The molecular weight excluding hydrogens is 324 g/mol. The van der Waals surface area contributed by atoms with E-state index in [1.165, 1.54) is 12.1 Å². The highest BCUT2D eigenvalue weighted by molar-refractivity contribution is 9.10. The molecule has 0 aliphatic heterocycles. The van der Waals surface area contributed by atoms with Gasteiger partial charge in [-0.3, -0.25) is 10.1 Å². The summed E-state index contributed by atoms with van der Waals surface area (Å²) in [6.45, 7) is 2.40. The molecule has 5 nitrogen and oxygen atoms in total. The lowest BCUT2D eigenvalue weighted by atomic mass is 10.1. The summed E-state index contributed by atoms with van der Waals surface area (Å²) in [7, 11) is 0. The normalized spacial score (nSPS) is 10.3. The predicted molar refractivity (Wildman–Crippen MR) is 81.0 cm³/mol. The van der Waals surface area contributed by atoms with Crippen LogP contribution >= 0.6 is 15.9 Å². The molecule has 6 heteroatoms. The summed E-state index contributed by atoms with van der Waals surface area (Å²) in [5.74, 6) is 0.181. The Bertz CT molecular complexity index is 659. The maximum Gasteiger partial charge on any atom is 0.271 e. The summed E-state index contributed by atoms with van der Waals surface area (Å²) in [4.78, 5) is 10.3. The maximum atomic E-state index is 10.8. The van der Waals surface area contributed by atoms with Gasteiger partial charge in [-0.2, -0.15) is 0 Å². The van der Waals surface area contributed by atoms with Crippen LogP contribution in [0.1, 0.15) is 11.1 Å². The molecule has 2 N–H and O–H groups in total. The molecule has 0 saturated carbocycles. The van der Waals surface area contributed by atoms with Gasteiger partial charge in [0.15, 0.2) is 0 Å². The molecule has 0 aliphatic carbocycles. The van der Waals surface area contributed by atoms with Gasteiger partial charge in [0, 0.05) is 24.4 Å². The van der Waals surface area contributed by atoms with E-state index < -0.39 is 4.92 Å². The van der Waals surface area contributed by atoms with E-state index in [4.69, 9.17) is 0 Å². The smallest absolute Gasteiger partial charge is 0.271 e. The van der Waals surface area contributed by atoms with Gasteiger partial charge in [0.25, 0.3) is 5.69 Å². The van der Waals surface area contributed by atoms with Crippen LogP contribution in [0.2, 0.25) is 0 Å². The highest BCUT2D eigenvalue weighted by Crippen LogP contribution is 2.26. The molecule has 0 fully saturated rings. The van der Waals surface area contributed by atoms with Crippen molar-refractivity contribution in [2.45, 2.75) is 13.5 Å². The van der Waals surface area contributed by atoms with Crippen molar-refractivity contribution >= 4 is 27.3 Å². The first-order chi connectivity index (χ1) is 9.47. The number of hydrogen-bond acceptors (Lipinski definition) is 4. The molecule has 0 unspecified atom stereocenters. The molecule has 0 aliphatic rings. The van der Waals surface area contributed by atoms with Crippen LogP contribution in [0.5, 0.6) is 5.75 Å². The van der Waals surface area contributed by atoms with Crippen LogP contribution in [0, 0.1) is 17.0 Å². The Morgan fingerprint density at radius 3 is 2.70 bits per heavy atom. The number of anilines is 1. The van der Waals surface area contributed by atoms with Gasteiger partial charge in [-0.25, -0.2) is 0 Å². The first-order valence-corrected chi connectivity index (χ1v) is 6.73. The summed E-state index contributed by atoms with van der Waals surface area (Å²) >= 11 is 3.25. The SMILES string of the molecule is Cc1ccc([N+](=O)[O-])cc1NCc1ccc(O)c(Br)c1. The van der Waals surface area contributed by atoms with Crippen molar-refractivity contribution in [3.63, 3.8) is 0 Å². The van der Waals surface area contributed by atoms with Crippen LogP contribution in [0.25, 0.3) is 0 Å². The largest absolute Gasteiger partial charge is 0.507 e.